The maximum absolute atomic E-state index is 13.8. The van der Waals surface area contributed by atoms with Gasteiger partial charge in [-0.05, 0) is 36.2 Å². The number of amides is 2. The molecule has 1 aliphatic rings. The second-order valence-corrected chi connectivity index (χ2v) is 8.49. The van der Waals surface area contributed by atoms with Gasteiger partial charge in [-0.25, -0.2) is 0 Å². The molecule has 0 spiro atoms. The van der Waals surface area contributed by atoms with E-state index in [1.54, 1.807) is 52.5 Å². The van der Waals surface area contributed by atoms with Crippen LogP contribution in [0.3, 0.4) is 0 Å². The predicted octanol–water partition coefficient (Wildman–Crippen LogP) is 2.92. The van der Waals surface area contributed by atoms with Crippen LogP contribution >= 0.6 is 0 Å². The number of carbonyl (C=O) groups is 3. The largest absolute Gasteiger partial charge is 0.497 e. The predicted molar refractivity (Wildman–Crippen MR) is 129 cm³/mol. The summed E-state index contributed by atoms with van der Waals surface area (Å²) in [5.74, 6) is -0.614. The molecule has 1 fully saturated rings. The van der Waals surface area contributed by atoms with Crippen LogP contribution in [0.25, 0.3) is 0 Å². The topological polar surface area (TPSA) is 103 Å². The average Bonchev–Trinajstić information content (AvgIpc) is 3.08. The quantitative estimate of drug-likeness (QED) is 0.409. The zero-order valence-electron chi connectivity index (χ0n) is 20.7. The van der Waals surface area contributed by atoms with Crippen LogP contribution in [0.15, 0.2) is 48.5 Å². The van der Waals surface area contributed by atoms with Gasteiger partial charge in [0.2, 0.25) is 5.91 Å². The zero-order chi connectivity index (χ0) is 25.6. The number of esters is 1. The van der Waals surface area contributed by atoms with E-state index >= 15 is 0 Å². The first-order valence-corrected chi connectivity index (χ1v) is 11.3. The van der Waals surface area contributed by atoms with Crippen molar-refractivity contribution >= 4 is 23.5 Å². The maximum atomic E-state index is 13.8. The number of hydrogen-bond acceptors (Lipinski definition) is 7. The Kier molecular flexibility index (Phi) is 8.48. The van der Waals surface area contributed by atoms with Crippen molar-refractivity contribution in [1.82, 2.24) is 4.90 Å². The molecule has 9 heteroatoms. The van der Waals surface area contributed by atoms with Crippen molar-refractivity contribution < 1.29 is 33.3 Å². The molecular weight excluding hydrogens is 452 g/mol. The van der Waals surface area contributed by atoms with Crippen LogP contribution < -0.4 is 10.1 Å². The van der Waals surface area contributed by atoms with Crippen LogP contribution in [-0.4, -0.2) is 61.9 Å². The Hall–Kier alpha value is -3.43. The number of nitrogens with zero attached hydrogens (tertiary/aromatic N) is 1. The Morgan fingerprint density at radius 3 is 2.34 bits per heavy atom. The number of nitrogens with one attached hydrogen (secondary N) is 1. The summed E-state index contributed by atoms with van der Waals surface area (Å²) < 4.78 is 21.3. The van der Waals surface area contributed by atoms with E-state index in [1.807, 2.05) is 24.3 Å². The third-order valence-corrected chi connectivity index (χ3v) is 6.29. The molecule has 2 amide bonds. The Morgan fingerprint density at radius 1 is 1.09 bits per heavy atom. The molecule has 188 valence electrons. The van der Waals surface area contributed by atoms with Crippen molar-refractivity contribution in [3.05, 3.63) is 59.7 Å². The molecule has 2 aromatic rings. The fourth-order valence-electron chi connectivity index (χ4n) is 4.20. The maximum Gasteiger partial charge on any atom is 0.303 e. The number of hydrogen-bond donors (Lipinski definition) is 1. The highest BCUT2D eigenvalue weighted by molar-refractivity contribution is 6.03. The first-order chi connectivity index (χ1) is 16.7. The fraction of sp³-hybridized carbons (Fsp3) is 0.423. The summed E-state index contributed by atoms with van der Waals surface area (Å²) >= 11 is 0. The molecule has 2 atom stereocenters. The minimum absolute atomic E-state index is 0.0866. The molecule has 0 radical (unpaired) electrons. The normalized spacial score (nSPS) is 19.7. The van der Waals surface area contributed by atoms with Crippen LogP contribution in [-0.2, 0) is 41.6 Å². The van der Waals surface area contributed by atoms with Crippen LogP contribution in [0, 0.1) is 0 Å². The fourth-order valence-corrected chi connectivity index (χ4v) is 4.20. The number of benzene rings is 2. The highest BCUT2D eigenvalue weighted by Crippen LogP contribution is 2.36. The van der Waals surface area contributed by atoms with Crippen molar-refractivity contribution in [3.8, 4) is 5.75 Å². The summed E-state index contributed by atoms with van der Waals surface area (Å²) in [5, 5.41) is 2.95. The standard InChI is InChI=1S/C26H32N2O7/c1-17(29)35-22-15-23(30)28(16-18-10-12-20(32-3)13-11-18)26(22,2)25(31)27-21-9-7-6-8-19(21)14-24(33-4)34-5/h6-13,22,24H,14-16H2,1-5H3,(H,27,31). The van der Waals surface area contributed by atoms with Crippen LogP contribution in [0.5, 0.6) is 5.75 Å². The van der Waals surface area contributed by atoms with Gasteiger partial charge < -0.3 is 29.2 Å². The zero-order valence-corrected chi connectivity index (χ0v) is 20.7. The molecule has 2 unspecified atom stereocenters. The molecule has 0 saturated carbocycles. The van der Waals surface area contributed by atoms with Gasteiger partial charge in [0.25, 0.3) is 5.91 Å². The van der Waals surface area contributed by atoms with E-state index in [0.29, 0.717) is 17.9 Å². The van der Waals surface area contributed by atoms with E-state index in [0.717, 1.165) is 11.1 Å². The number of para-hydroxylation sites is 1. The summed E-state index contributed by atoms with van der Waals surface area (Å²) in [6.45, 7) is 3.06. The first-order valence-electron chi connectivity index (χ1n) is 11.3. The minimum atomic E-state index is -1.43. The van der Waals surface area contributed by atoms with Gasteiger partial charge in [0.1, 0.15) is 11.9 Å². The van der Waals surface area contributed by atoms with Gasteiger partial charge in [-0.2, -0.15) is 0 Å². The molecule has 1 N–H and O–H groups in total. The molecule has 0 aliphatic carbocycles. The second kappa shape index (κ2) is 11.3. The molecule has 1 aliphatic heterocycles. The van der Waals surface area contributed by atoms with Gasteiger partial charge >= 0.3 is 5.97 Å². The number of anilines is 1. The second-order valence-electron chi connectivity index (χ2n) is 8.49. The third-order valence-electron chi connectivity index (χ3n) is 6.29. The Labute approximate surface area is 205 Å². The van der Waals surface area contributed by atoms with Gasteiger partial charge in [0.05, 0.1) is 13.5 Å². The van der Waals surface area contributed by atoms with Crippen LogP contribution in [0.1, 0.15) is 31.4 Å². The molecule has 3 rings (SSSR count). The molecule has 2 aromatic carbocycles. The van der Waals surface area contributed by atoms with Gasteiger partial charge in [0.15, 0.2) is 11.8 Å². The van der Waals surface area contributed by atoms with Crippen molar-refractivity contribution in [2.45, 2.75) is 51.2 Å². The highest BCUT2D eigenvalue weighted by Gasteiger charge is 2.56. The van der Waals surface area contributed by atoms with E-state index in [9.17, 15) is 14.4 Å². The Bertz CT molecular complexity index is 1050. The number of ether oxygens (including phenoxy) is 4. The van der Waals surface area contributed by atoms with Crippen molar-refractivity contribution in [1.29, 1.82) is 0 Å². The highest BCUT2D eigenvalue weighted by atomic mass is 16.7. The van der Waals surface area contributed by atoms with E-state index in [-0.39, 0.29) is 18.9 Å². The number of carbonyl (C=O) groups excluding carboxylic acids is 3. The van der Waals surface area contributed by atoms with E-state index in [4.69, 9.17) is 18.9 Å². The molecule has 35 heavy (non-hydrogen) atoms. The Balaban J connectivity index is 1.92. The molecule has 0 aromatic heterocycles. The number of methoxy groups -OCH3 is 3. The third kappa shape index (κ3) is 5.80. The summed E-state index contributed by atoms with van der Waals surface area (Å²) in [5.41, 5.74) is 0.735. The van der Waals surface area contributed by atoms with Crippen molar-refractivity contribution in [2.24, 2.45) is 0 Å². The summed E-state index contributed by atoms with van der Waals surface area (Å²) in [6.07, 6.45) is -1.11. The molecular formula is C26H32N2O7. The lowest BCUT2D eigenvalue weighted by molar-refractivity contribution is -0.154. The van der Waals surface area contributed by atoms with Crippen LogP contribution in [0.4, 0.5) is 5.69 Å². The van der Waals surface area contributed by atoms with Gasteiger partial charge in [-0.3, -0.25) is 14.4 Å². The first kappa shape index (κ1) is 26.2. The SMILES string of the molecule is COc1ccc(CN2C(=O)CC(OC(C)=O)C2(C)C(=O)Nc2ccccc2CC(OC)OC)cc1. The van der Waals surface area contributed by atoms with E-state index in [2.05, 4.69) is 5.32 Å². The lowest BCUT2D eigenvalue weighted by Gasteiger charge is -2.37. The lowest BCUT2D eigenvalue weighted by atomic mass is 9.93. The molecule has 9 nitrogen and oxygen atoms in total. The average molecular weight is 485 g/mol. The lowest BCUT2D eigenvalue weighted by Crippen LogP contribution is -2.58. The van der Waals surface area contributed by atoms with Crippen molar-refractivity contribution in [2.75, 3.05) is 26.6 Å². The molecule has 1 saturated heterocycles. The summed E-state index contributed by atoms with van der Waals surface area (Å²) in [6, 6.07) is 14.5. The van der Waals surface area contributed by atoms with Gasteiger partial charge in [-0.15, -0.1) is 0 Å². The molecule has 1 heterocycles. The van der Waals surface area contributed by atoms with Crippen molar-refractivity contribution in [3.63, 3.8) is 0 Å². The van der Waals surface area contributed by atoms with Gasteiger partial charge in [-0.1, -0.05) is 30.3 Å². The van der Waals surface area contributed by atoms with E-state index < -0.39 is 29.8 Å². The monoisotopic (exact) mass is 484 g/mol. The number of rotatable bonds is 10. The minimum Gasteiger partial charge on any atom is -0.497 e. The Morgan fingerprint density at radius 2 is 1.74 bits per heavy atom. The smallest absolute Gasteiger partial charge is 0.303 e. The number of likely N-dealkylation sites (tertiary alicyclic amines) is 1. The van der Waals surface area contributed by atoms with E-state index in [1.165, 1.54) is 11.8 Å². The summed E-state index contributed by atoms with van der Waals surface area (Å²) in [4.78, 5) is 40.1. The summed E-state index contributed by atoms with van der Waals surface area (Å²) in [7, 11) is 4.66. The molecule has 0 bridgehead atoms. The van der Waals surface area contributed by atoms with Crippen LogP contribution in [0.2, 0.25) is 0 Å². The van der Waals surface area contributed by atoms with Gasteiger partial charge in [0, 0.05) is 39.8 Å².